The average molecular weight is 502 g/mol. The maximum absolute atomic E-state index is 13.6. The van der Waals surface area contributed by atoms with E-state index in [9.17, 15) is 18.0 Å². The summed E-state index contributed by atoms with van der Waals surface area (Å²) in [6.45, 7) is 13.1. The summed E-state index contributed by atoms with van der Waals surface area (Å²) in [5.74, 6) is -0.459. The molecule has 7 nitrogen and oxygen atoms in total. The Balaban J connectivity index is 2.42. The molecule has 0 bridgehead atoms. The second kappa shape index (κ2) is 11.2. The van der Waals surface area contributed by atoms with Crippen LogP contribution < -0.4 is 9.62 Å². The molecule has 0 radical (unpaired) electrons. The molecule has 1 atom stereocenters. The van der Waals surface area contributed by atoms with Crippen molar-refractivity contribution in [1.82, 2.24) is 10.2 Å². The zero-order valence-corrected chi connectivity index (χ0v) is 22.9. The zero-order chi connectivity index (χ0) is 26.6. The number of nitrogens with zero attached hydrogens (tertiary/aromatic N) is 2. The molecule has 0 unspecified atom stereocenters. The Morgan fingerprint density at radius 2 is 1.54 bits per heavy atom. The molecule has 2 aromatic carbocycles. The van der Waals surface area contributed by atoms with Crippen LogP contribution >= 0.6 is 0 Å². The number of hydrogen-bond donors (Lipinski definition) is 1. The molecule has 2 rings (SSSR count). The van der Waals surface area contributed by atoms with Crippen molar-refractivity contribution in [2.75, 3.05) is 17.1 Å². The smallest absolute Gasteiger partial charge is 0.244 e. The lowest BCUT2D eigenvalue weighted by Gasteiger charge is -2.33. The molecular weight excluding hydrogens is 462 g/mol. The summed E-state index contributed by atoms with van der Waals surface area (Å²) in [6.07, 6.45) is 1.08. The lowest BCUT2D eigenvalue weighted by molar-refractivity contribution is -0.140. The van der Waals surface area contributed by atoms with Crippen molar-refractivity contribution in [3.63, 3.8) is 0 Å². The van der Waals surface area contributed by atoms with Crippen molar-refractivity contribution in [2.24, 2.45) is 0 Å². The van der Waals surface area contributed by atoms with E-state index in [1.807, 2.05) is 64.1 Å². The maximum Gasteiger partial charge on any atom is 0.244 e. The third kappa shape index (κ3) is 8.09. The van der Waals surface area contributed by atoms with E-state index < -0.39 is 34.1 Å². The highest BCUT2D eigenvalue weighted by Gasteiger charge is 2.31. The van der Waals surface area contributed by atoms with Crippen LogP contribution in [0.3, 0.4) is 0 Å². The molecule has 0 aliphatic carbocycles. The van der Waals surface area contributed by atoms with Crippen molar-refractivity contribution >= 4 is 27.5 Å². The van der Waals surface area contributed by atoms with Gasteiger partial charge in [-0.1, -0.05) is 50.2 Å². The summed E-state index contributed by atoms with van der Waals surface area (Å²) >= 11 is 0. The Morgan fingerprint density at radius 3 is 2.03 bits per heavy atom. The first-order valence-corrected chi connectivity index (χ1v) is 13.7. The molecule has 1 N–H and O–H groups in total. The SMILES string of the molecule is Cc1ccccc1CN(C(=O)CN(c1ccc(C(C)C)cc1)S(C)(=O)=O)[C@H](C)C(=O)NC(C)(C)C. The number of rotatable bonds is 9. The van der Waals surface area contributed by atoms with E-state index >= 15 is 0 Å². The molecule has 0 aromatic heterocycles. The van der Waals surface area contributed by atoms with E-state index in [1.165, 1.54) is 4.90 Å². The third-order valence-electron chi connectivity index (χ3n) is 5.79. The van der Waals surface area contributed by atoms with Gasteiger partial charge in [-0.3, -0.25) is 13.9 Å². The van der Waals surface area contributed by atoms with Gasteiger partial charge in [-0.05, 0) is 69.4 Å². The summed E-state index contributed by atoms with van der Waals surface area (Å²) in [7, 11) is -3.75. The Hall–Kier alpha value is -2.87. The minimum atomic E-state index is -3.75. The Bertz CT molecular complexity index is 1140. The van der Waals surface area contributed by atoms with Crippen molar-refractivity contribution < 1.29 is 18.0 Å². The van der Waals surface area contributed by atoms with Crippen LogP contribution in [0.5, 0.6) is 0 Å². The molecule has 192 valence electrons. The number of benzene rings is 2. The van der Waals surface area contributed by atoms with Gasteiger partial charge in [0, 0.05) is 12.1 Å². The van der Waals surface area contributed by atoms with Gasteiger partial charge in [-0.15, -0.1) is 0 Å². The number of hydrogen-bond acceptors (Lipinski definition) is 4. The van der Waals surface area contributed by atoms with Gasteiger partial charge in [0.05, 0.1) is 11.9 Å². The van der Waals surface area contributed by atoms with Crippen LogP contribution in [-0.2, 0) is 26.2 Å². The number of amides is 2. The van der Waals surface area contributed by atoms with E-state index in [1.54, 1.807) is 19.1 Å². The molecule has 0 saturated carbocycles. The van der Waals surface area contributed by atoms with E-state index in [0.29, 0.717) is 11.6 Å². The molecule has 0 saturated heterocycles. The third-order valence-corrected chi connectivity index (χ3v) is 6.93. The van der Waals surface area contributed by atoms with Crippen molar-refractivity contribution in [1.29, 1.82) is 0 Å². The number of carbonyl (C=O) groups is 2. The number of aryl methyl sites for hydroxylation is 1. The standard InChI is InChI=1S/C27H39N3O4S/c1-19(2)22-13-15-24(16-14-22)30(35(8,33)34)18-25(31)29(17-23-12-10-9-11-20(23)3)21(4)26(32)28-27(5,6)7/h9-16,19,21H,17-18H2,1-8H3,(H,28,32)/t21-/m1/s1. The first kappa shape index (κ1) is 28.4. The molecule has 0 fully saturated rings. The Morgan fingerprint density at radius 1 is 0.971 bits per heavy atom. The van der Waals surface area contributed by atoms with E-state index in [2.05, 4.69) is 19.2 Å². The summed E-state index contributed by atoms with van der Waals surface area (Å²) in [5, 5.41) is 2.92. The predicted octanol–water partition coefficient (Wildman–Crippen LogP) is 4.22. The fraction of sp³-hybridized carbons (Fsp3) is 0.481. The molecule has 35 heavy (non-hydrogen) atoms. The molecule has 0 aliphatic rings. The molecule has 8 heteroatoms. The fourth-order valence-corrected chi connectivity index (χ4v) is 4.52. The van der Waals surface area contributed by atoms with Gasteiger partial charge in [0.15, 0.2) is 0 Å². The fourth-order valence-electron chi connectivity index (χ4n) is 3.67. The number of sulfonamides is 1. The molecule has 2 amide bonds. The predicted molar refractivity (Wildman–Crippen MR) is 142 cm³/mol. The lowest BCUT2D eigenvalue weighted by Crippen LogP contribution is -2.54. The summed E-state index contributed by atoms with van der Waals surface area (Å²) < 4.78 is 26.5. The molecule has 0 spiro atoms. The van der Waals surface area contributed by atoms with Gasteiger partial charge < -0.3 is 10.2 Å². The van der Waals surface area contributed by atoms with Crippen LogP contribution in [0.4, 0.5) is 5.69 Å². The second-order valence-electron chi connectivity index (χ2n) is 10.4. The monoisotopic (exact) mass is 501 g/mol. The first-order chi connectivity index (χ1) is 16.1. The molecular formula is C27H39N3O4S. The van der Waals surface area contributed by atoms with Crippen LogP contribution in [0.1, 0.15) is 64.2 Å². The van der Waals surface area contributed by atoms with Gasteiger partial charge in [-0.25, -0.2) is 8.42 Å². The minimum absolute atomic E-state index is 0.189. The van der Waals surface area contributed by atoms with E-state index in [4.69, 9.17) is 0 Å². The Labute approximate surface area is 210 Å². The van der Waals surface area contributed by atoms with Crippen LogP contribution in [0.25, 0.3) is 0 Å². The van der Waals surface area contributed by atoms with Crippen LogP contribution in [0.2, 0.25) is 0 Å². The van der Waals surface area contributed by atoms with Crippen LogP contribution in [-0.4, -0.2) is 49.5 Å². The summed E-state index contributed by atoms with van der Waals surface area (Å²) in [4.78, 5) is 28.1. The normalized spacial score (nSPS) is 12.8. The van der Waals surface area contributed by atoms with Crippen molar-refractivity contribution in [3.8, 4) is 0 Å². The van der Waals surface area contributed by atoms with E-state index in [-0.39, 0.29) is 12.5 Å². The van der Waals surface area contributed by atoms with Crippen LogP contribution in [0, 0.1) is 6.92 Å². The lowest BCUT2D eigenvalue weighted by atomic mass is 10.0. The van der Waals surface area contributed by atoms with Gasteiger partial charge in [0.1, 0.15) is 12.6 Å². The largest absolute Gasteiger partial charge is 0.350 e. The number of anilines is 1. The molecule has 0 aliphatic heterocycles. The van der Waals surface area contributed by atoms with Gasteiger partial charge in [0.25, 0.3) is 0 Å². The van der Waals surface area contributed by atoms with E-state index in [0.717, 1.165) is 27.3 Å². The zero-order valence-electron chi connectivity index (χ0n) is 22.1. The van der Waals surface area contributed by atoms with Crippen LogP contribution in [0.15, 0.2) is 48.5 Å². The second-order valence-corrected chi connectivity index (χ2v) is 12.3. The molecule has 0 heterocycles. The van der Waals surface area contributed by atoms with Crippen molar-refractivity contribution in [3.05, 3.63) is 65.2 Å². The van der Waals surface area contributed by atoms with Gasteiger partial charge in [0.2, 0.25) is 21.8 Å². The van der Waals surface area contributed by atoms with Gasteiger partial charge >= 0.3 is 0 Å². The minimum Gasteiger partial charge on any atom is -0.350 e. The quantitative estimate of drug-likeness (QED) is 0.557. The first-order valence-electron chi connectivity index (χ1n) is 11.8. The average Bonchev–Trinajstić information content (AvgIpc) is 2.74. The topological polar surface area (TPSA) is 86.8 Å². The number of carbonyl (C=O) groups excluding carboxylic acids is 2. The highest BCUT2D eigenvalue weighted by Crippen LogP contribution is 2.23. The highest BCUT2D eigenvalue weighted by molar-refractivity contribution is 7.92. The highest BCUT2D eigenvalue weighted by atomic mass is 32.2. The molecule has 2 aromatic rings. The van der Waals surface area contributed by atoms with Crippen molar-refractivity contribution in [2.45, 2.75) is 72.5 Å². The number of nitrogens with one attached hydrogen (secondary N) is 1. The Kier molecular flexibility index (Phi) is 9.11. The van der Waals surface area contributed by atoms with Gasteiger partial charge in [-0.2, -0.15) is 0 Å². The summed E-state index contributed by atoms with van der Waals surface area (Å²) in [5.41, 5.74) is 2.89. The maximum atomic E-state index is 13.6. The summed E-state index contributed by atoms with van der Waals surface area (Å²) in [6, 6.07) is 14.0.